The lowest BCUT2D eigenvalue weighted by atomic mass is 10.00. The summed E-state index contributed by atoms with van der Waals surface area (Å²) in [6, 6.07) is 8.20. The molecular formula is C13H6F3N. The van der Waals surface area contributed by atoms with Crippen molar-refractivity contribution >= 4 is 0 Å². The van der Waals surface area contributed by atoms with Gasteiger partial charge in [-0.05, 0) is 35.4 Å². The largest absolute Gasteiger partial charge is 0.207 e. The minimum Gasteiger partial charge on any atom is -0.207 e. The second-order valence-corrected chi connectivity index (χ2v) is 3.46. The molecule has 0 aliphatic heterocycles. The predicted molar refractivity (Wildman–Crippen MR) is 56.5 cm³/mol. The van der Waals surface area contributed by atoms with Gasteiger partial charge in [0.25, 0.3) is 0 Å². The summed E-state index contributed by atoms with van der Waals surface area (Å²) in [6.07, 6.45) is 0. The molecule has 0 N–H and O–H groups in total. The van der Waals surface area contributed by atoms with Gasteiger partial charge in [-0.2, -0.15) is 5.26 Å². The van der Waals surface area contributed by atoms with E-state index in [1.54, 1.807) is 6.07 Å². The number of rotatable bonds is 1. The molecule has 0 spiro atoms. The molecule has 0 radical (unpaired) electrons. The highest BCUT2D eigenvalue weighted by Crippen LogP contribution is 2.25. The SMILES string of the molecule is N#Cc1cc(F)ccc1-c1cc(F)cc(F)c1. The van der Waals surface area contributed by atoms with Crippen molar-refractivity contribution in [2.24, 2.45) is 0 Å². The summed E-state index contributed by atoms with van der Waals surface area (Å²) >= 11 is 0. The Morgan fingerprint density at radius 3 is 2.06 bits per heavy atom. The van der Waals surface area contributed by atoms with Gasteiger partial charge in [-0.15, -0.1) is 0 Å². The lowest BCUT2D eigenvalue weighted by Gasteiger charge is -2.05. The van der Waals surface area contributed by atoms with Crippen molar-refractivity contribution in [2.75, 3.05) is 0 Å². The molecule has 2 aromatic rings. The number of halogens is 3. The first-order valence-electron chi connectivity index (χ1n) is 4.76. The Morgan fingerprint density at radius 2 is 1.47 bits per heavy atom. The van der Waals surface area contributed by atoms with Crippen LogP contribution in [0.25, 0.3) is 11.1 Å². The number of hydrogen-bond acceptors (Lipinski definition) is 1. The Bertz CT molecular complexity index is 594. The third kappa shape index (κ3) is 2.28. The van der Waals surface area contributed by atoms with Crippen LogP contribution in [0.3, 0.4) is 0 Å². The van der Waals surface area contributed by atoms with Gasteiger partial charge in [-0.3, -0.25) is 0 Å². The molecule has 0 saturated heterocycles. The molecule has 4 heteroatoms. The van der Waals surface area contributed by atoms with Gasteiger partial charge in [0.1, 0.15) is 17.5 Å². The van der Waals surface area contributed by atoms with E-state index in [-0.39, 0.29) is 11.1 Å². The quantitative estimate of drug-likeness (QED) is 0.737. The van der Waals surface area contributed by atoms with E-state index in [0.717, 1.165) is 30.3 Å². The second kappa shape index (κ2) is 4.30. The lowest BCUT2D eigenvalue weighted by molar-refractivity contribution is 0.584. The minimum atomic E-state index is -0.742. The van der Waals surface area contributed by atoms with Crippen molar-refractivity contribution in [1.82, 2.24) is 0 Å². The first-order valence-corrected chi connectivity index (χ1v) is 4.76. The van der Waals surface area contributed by atoms with E-state index in [1.807, 2.05) is 0 Å². The van der Waals surface area contributed by atoms with Crippen LogP contribution in [-0.2, 0) is 0 Å². The summed E-state index contributed by atoms with van der Waals surface area (Å²) < 4.78 is 39.0. The maximum Gasteiger partial charge on any atom is 0.126 e. The molecule has 17 heavy (non-hydrogen) atoms. The zero-order chi connectivity index (χ0) is 12.4. The van der Waals surface area contributed by atoms with E-state index in [9.17, 15) is 13.2 Å². The van der Waals surface area contributed by atoms with Gasteiger partial charge in [-0.1, -0.05) is 6.07 Å². The molecule has 0 bridgehead atoms. The van der Waals surface area contributed by atoms with Crippen LogP contribution in [0.4, 0.5) is 13.2 Å². The highest BCUT2D eigenvalue weighted by Gasteiger charge is 2.08. The standard InChI is InChI=1S/C13H6F3N/c14-10-1-2-13(9(5-10)7-17)8-3-11(15)6-12(16)4-8/h1-6H. The van der Waals surface area contributed by atoms with Crippen LogP contribution in [0, 0.1) is 28.8 Å². The van der Waals surface area contributed by atoms with Crippen molar-refractivity contribution in [3.05, 3.63) is 59.4 Å². The van der Waals surface area contributed by atoms with E-state index in [2.05, 4.69) is 0 Å². The topological polar surface area (TPSA) is 23.8 Å². The van der Waals surface area contributed by atoms with Crippen LogP contribution in [0.15, 0.2) is 36.4 Å². The fourth-order valence-corrected chi connectivity index (χ4v) is 1.57. The van der Waals surface area contributed by atoms with Gasteiger partial charge in [0.05, 0.1) is 11.6 Å². The Kier molecular flexibility index (Phi) is 2.84. The fraction of sp³-hybridized carbons (Fsp3) is 0. The molecule has 0 fully saturated rings. The fourth-order valence-electron chi connectivity index (χ4n) is 1.57. The van der Waals surface area contributed by atoms with E-state index in [4.69, 9.17) is 5.26 Å². The number of benzene rings is 2. The second-order valence-electron chi connectivity index (χ2n) is 3.46. The highest BCUT2D eigenvalue weighted by atomic mass is 19.1. The van der Waals surface area contributed by atoms with Gasteiger partial charge in [0.15, 0.2) is 0 Å². The molecule has 0 amide bonds. The van der Waals surface area contributed by atoms with Crippen LogP contribution in [0.1, 0.15) is 5.56 Å². The highest BCUT2D eigenvalue weighted by molar-refractivity contribution is 5.70. The molecule has 0 aliphatic carbocycles. The van der Waals surface area contributed by atoms with Gasteiger partial charge in [0.2, 0.25) is 0 Å². The van der Waals surface area contributed by atoms with Gasteiger partial charge in [0, 0.05) is 6.07 Å². The summed E-state index contributed by atoms with van der Waals surface area (Å²) in [5.74, 6) is -2.05. The lowest BCUT2D eigenvalue weighted by Crippen LogP contribution is -1.89. The Balaban J connectivity index is 2.64. The summed E-state index contributed by atoms with van der Waals surface area (Å²) in [6.45, 7) is 0. The molecule has 2 rings (SSSR count). The Morgan fingerprint density at radius 1 is 0.824 bits per heavy atom. The van der Waals surface area contributed by atoms with Crippen LogP contribution < -0.4 is 0 Å². The predicted octanol–water partition coefficient (Wildman–Crippen LogP) is 3.64. The monoisotopic (exact) mass is 233 g/mol. The summed E-state index contributed by atoms with van der Waals surface area (Å²) in [4.78, 5) is 0. The van der Waals surface area contributed by atoms with Crippen molar-refractivity contribution in [3.8, 4) is 17.2 Å². The van der Waals surface area contributed by atoms with Crippen molar-refractivity contribution < 1.29 is 13.2 Å². The number of nitriles is 1. The van der Waals surface area contributed by atoms with Gasteiger partial charge in [-0.25, -0.2) is 13.2 Å². The molecule has 0 saturated carbocycles. The zero-order valence-corrected chi connectivity index (χ0v) is 8.55. The molecule has 84 valence electrons. The number of hydrogen-bond donors (Lipinski definition) is 0. The van der Waals surface area contributed by atoms with E-state index in [1.165, 1.54) is 6.07 Å². The average Bonchev–Trinajstić information content (AvgIpc) is 2.27. The third-order valence-corrected chi connectivity index (χ3v) is 2.28. The maximum atomic E-state index is 13.0. The maximum absolute atomic E-state index is 13.0. The van der Waals surface area contributed by atoms with E-state index >= 15 is 0 Å². The van der Waals surface area contributed by atoms with Crippen molar-refractivity contribution in [2.45, 2.75) is 0 Å². The molecule has 0 atom stereocenters. The molecule has 0 aliphatic rings. The summed E-state index contributed by atoms with van der Waals surface area (Å²) in [5, 5.41) is 8.84. The molecule has 1 nitrogen and oxygen atoms in total. The first kappa shape index (κ1) is 11.2. The van der Waals surface area contributed by atoms with Crippen molar-refractivity contribution in [1.29, 1.82) is 5.26 Å². The third-order valence-electron chi connectivity index (χ3n) is 2.28. The van der Waals surface area contributed by atoms with Crippen molar-refractivity contribution in [3.63, 3.8) is 0 Å². The van der Waals surface area contributed by atoms with E-state index in [0.29, 0.717) is 5.56 Å². The normalized spacial score (nSPS) is 10.0. The van der Waals surface area contributed by atoms with Crippen LogP contribution in [0.2, 0.25) is 0 Å². The summed E-state index contributed by atoms with van der Waals surface area (Å²) in [7, 11) is 0. The Labute approximate surface area is 95.7 Å². The summed E-state index contributed by atoms with van der Waals surface area (Å²) in [5.41, 5.74) is 0.543. The average molecular weight is 233 g/mol. The molecule has 0 heterocycles. The van der Waals surface area contributed by atoms with Crippen LogP contribution in [0.5, 0.6) is 0 Å². The first-order chi connectivity index (χ1) is 8.10. The Hall–Kier alpha value is -2.28. The number of nitrogens with zero attached hydrogens (tertiary/aromatic N) is 1. The molecule has 2 aromatic carbocycles. The molecular weight excluding hydrogens is 227 g/mol. The molecule has 0 unspecified atom stereocenters. The van der Waals surface area contributed by atoms with Crippen LogP contribution in [-0.4, -0.2) is 0 Å². The zero-order valence-electron chi connectivity index (χ0n) is 8.55. The van der Waals surface area contributed by atoms with Gasteiger partial charge < -0.3 is 0 Å². The smallest absolute Gasteiger partial charge is 0.126 e. The van der Waals surface area contributed by atoms with E-state index < -0.39 is 17.5 Å². The minimum absolute atomic E-state index is 0.0370. The molecule has 0 aromatic heterocycles. The van der Waals surface area contributed by atoms with Gasteiger partial charge >= 0.3 is 0 Å². The van der Waals surface area contributed by atoms with Crippen LogP contribution >= 0.6 is 0 Å².